The molecule has 0 aliphatic carbocycles. The van der Waals surface area contributed by atoms with Crippen LogP contribution in [0.4, 0.5) is 0 Å². The first-order valence-electron chi connectivity index (χ1n) is 6.97. The van der Waals surface area contributed by atoms with Crippen molar-refractivity contribution in [2.24, 2.45) is 0 Å². The second-order valence-corrected chi connectivity index (χ2v) is 6.13. The average Bonchev–Trinajstić information content (AvgIpc) is 2.79. The Morgan fingerprint density at radius 3 is 2.86 bits per heavy atom. The molecule has 0 unspecified atom stereocenters. The van der Waals surface area contributed by atoms with Gasteiger partial charge in [-0.15, -0.1) is 0 Å². The second kappa shape index (κ2) is 7.87. The molecule has 0 saturated heterocycles. The Balaban J connectivity index is 1.95. The molecule has 0 aliphatic rings. The molecular formula is C16H19BrClNO2. The molecule has 2 aromatic rings. The van der Waals surface area contributed by atoms with Crippen molar-refractivity contribution in [3.63, 3.8) is 0 Å². The van der Waals surface area contributed by atoms with Gasteiger partial charge >= 0.3 is 0 Å². The molecule has 114 valence electrons. The van der Waals surface area contributed by atoms with Crippen molar-refractivity contribution >= 4 is 27.5 Å². The molecule has 1 heterocycles. The van der Waals surface area contributed by atoms with Gasteiger partial charge in [-0.05, 0) is 60.1 Å². The van der Waals surface area contributed by atoms with Gasteiger partial charge < -0.3 is 14.5 Å². The zero-order valence-electron chi connectivity index (χ0n) is 12.2. The summed E-state index contributed by atoms with van der Waals surface area (Å²) in [6, 6.07) is 7.49. The third kappa shape index (κ3) is 4.77. The molecule has 1 N–H and O–H groups in total. The van der Waals surface area contributed by atoms with Crippen molar-refractivity contribution < 1.29 is 9.15 Å². The van der Waals surface area contributed by atoms with Crippen LogP contribution in [-0.2, 0) is 13.2 Å². The fourth-order valence-corrected chi connectivity index (χ4v) is 2.77. The lowest BCUT2D eigenvalue weighted by Gasteiger charge is -2.06. The van der Waals surface area contributed by atoms with Crippen LogP contribution in [0.15, 0.2) is 33.2 Å². The number of aryl methyl sites for hydroxylation is 1. The highest BCUT2D eigenvalue weighted by Crippen LogP contribution is 2.29. The third-order valence-electron chi connectivity index (χ3n) is 3.08. The van der Waals surface area contributed by atoms with Crippen LogP contribution in [0.5, 0.6) is 5.75 Å². The molecule has 0 radical (unpaired) electrons. The van der Waals surface area contributed by atoms with Gasteiger partial charge in [0.1, 0.15) is 23.9 Å². The Hall–Kier alpha value is -0.970. The third-order valence-corrected chi connectivity index (χ3v) is 3.93. The summed E-state index contributed by atoms with van der Waals surface area (Å²) in [6.07, 6.45) is 1.12. The molecular weight excluding hydrogens is 354 g/mol. The van der Waals surface area contributed by atoms with Gasteiger partial charge in [0.25, 0.3) is 0 Å². The van der Waals surface area contributed by atoms with Gasteiger partial charge in [0, 0.05) is 17.1 Å². The molecule has 2 rings (SSSR count). The molecule has 0 amide bonds. The van der Waals surface area contributed by atoms with Gasteiger partial charge in [0.2, 0.25) is 0 Å². The Kier molecular flexibility index (Phi) is 6.15. The van der Waals surface area contributed by atoms with Crippen LogP contribution in [0.25, 0.3) is 0 Å². The average molecular weight is 373 g/mol. The molecule has 0 spiro atoms. The van der Waals surface area contributed by atoms with E-state index >= 15 is 0 Å². The molecule has 1 aromatic heterocycles. The number of rotatable bonds is 7. The summed E-state index contributed by atoms with van der Waals surface area (Å²) in [5, 5.41) is 4.05. The van der Waals surface area contributed by atoms with Crippen LogP contribution in [0, 0.1) is 6.92 Å². The topological polar surface area (TPSA) is 34.4 Å². The monoisotopic (exact) mass is 371 g/mol. The number of furan rings is 1. The minimum atomic E-state index is 0.398. The molecule has 0 saturated carbocycles. The van der Waals surface area contributed by atoms with Gasteiger partial charge in [-0.3, -0.25) is 0 Å². The molecule has 0 fully saturated rings. The lowest BCUT2D eigenvalue weighted by Crippen LogP contribution is -2.13. The highest BCUT2D eigenvalue weighted by molar-refractivity contribution is 9.10. The first kappa shape index (κ1) is 16.4. The van der Waals surface area contributed by atoms with Crippen molar-refractivity contribution in [3.8, 4) is 5.75 Å². The van der Waals surface area contributed by atoms with Crippen LogP contribution in [0.2, 0.25) is 5.02 Å². The summed E-state index contributed by atoms with van der Waals surface area (Å²) in [7, 11) is 0. The molecule has 0 aliphatic heterocycles. The summed E-state index contributed by atoms with van der Waals surface area (Å²) >= 11 is 9.34. The zero-order valence-corrected chi connectivity index (χ0v) is 14.6. The maximum absolute atomic E-state index is 5.91. The highest BCUT2D eigenvalue weighted by atomic mass is 79.9. The van der Waals surface area contributed by atoms with Crippen molar-refractivity contribution in [1.82, 2.24) is 5.32 Å². The van der Waals surface area contributed by atoms with E-state index in [1.165, 1.54) is 5.56 Å². The Bertz CT molecular complexity index is 598. The van der Waals surface area contributed by atoms with Gasteiger partial charge in [0.15, 0.2) is 0 Å². The van der Waals surface area contributed by atoms with Crippen LogP contribution in [0.1, 0.15) is 30.4 Å². The zero-order chi connectivity index (χ0) is 15.2. The van der Waals surface area contributed by atoms with E-state index < -0.39 is 0 Å². The van der Waals surface area contributed by atoms with Gasteiger partial charge in [0.05, 0.1) is 4.47 Å². The minimum Gasteiger partial charge on any atom is -0.484 e. The Morgan fingerprint density at radius 1 is 1.33 bits per heavy atom. The standard InChI is InChI=1S/C16H19BrClNO2/c1-3-6-19-9-12-7-14(21-11(12)2)10-20-16-5-4-13(18)8-15(16)17/h4-5,7-8,19H,3,6,9-10H2,1-2H3. The largest absolute Gasteiger partial charge is 0.484 e. The predicted octanol–water partition coefficient (Wildman–Crippen LogP) is 5.08. The Labute approximate surface area is 138 Å². The number of halogens is 2. The van der Waals surface area contributed by atoms with Crippen molar-refractivity contribution in [2.75, 3.05) is 6.54 Å². The lowest BCUT2D eigenvalue weighted by molar-refractivity contribution is 0.266. The fourth-order valence-electron chi connectivity index (χ4n) is 1.98. The van der Waals surface area contributed by atoms with E-state index in [-0.39, 0.29) is 0 Å². The fraction of sp³-hybridized carbons (Fsp3) is 0.375. The maximum atomic E-state index is 5.91. The van der Waals surface area contributed by atoms with Crippen LogP contribution >= 0.6 is 27.5 Å². The minimum absolute atomic E-state index is 0.398. The Morgan fingerprint density at radius 2 is 2.14 bits per heavy atom. The van der Waals surface area contributed by atoms with Crippen LogP contribution < -0.4 is 10.1 Å². The summed E-state index contributed by atoms with van der Waals surface area (Å²) in [6.45, 7) is 6.36. The van der Waals surface area contributed by atoms with E-state index in [1.807, 2.05) is 25.1 Å². The molecule has 3 nitrogen and oxygen atoms in total. The van der Waals surface area contributed by atoms with E-state index in [2.05, 4.69) is 28.2 Å². The first-order chi connectivity index (χ1) is 10.1. The van der Waals surface area contributed by atoms with Crippen LogP contribution in [-0.4, -0.2) is 6.54 Å². The number of hydrogen-bond donors (Lipinski definition) is 1. The van der Waals surface area contributed by atoms with E-state index in [9.17, 15) is 0 Å². The molecule has 21 heavy (non-hydrogen) atoms. The SMILES string of the molecule is CCCNCc1cc(COc2ccc(Cl)cc2Br)oc1C. The van der Waals surface area contributed by atoms with Crippen molar-refractivity contribution in [1.29, 1.82) is 0 Å². The van der Waals surface area contributed by atoms with Crippen molar-refractivity contribution in [2.45, 2.75) is 33.4 Å². The van der Waals surface area contributed by atoms with E-state index in [1.54, 1.807) is 6.07 Å². The lowest BCUT2D eigenvalue weighted by atomic mass is 10.2. The molecule has 1 aromatic carbocycles. The van der Waals surface area contributed by atoms with Gasteiger partial charge in [-0.2, -0.15) is 0 Å². The maximum Gasteiger partial charge on any atom is 0.146 e. The first-order valence-corrected chi connectivity index (χ1v) is 8.14. The number of ether oxygens (including phenoxy) is 1. The molecule has 0 atom stereocenters. The van der Waals surface area contributed by atoms with Crippen LogP contribution in [0.3, 0.4) is 0 Å². The smallest absolute Gasteiger partial charge is 0.146 e. The van der Waals surface area contributed by atoms with Gasteiger partial charge in [-0.1, -0.05) is 18.5 Å². The van der Waals surface area contributed by atoms with E-state index in [4.69, 9.17) is 20.8 Å². The second-order valence-electron chi connectivity index (χ2n) is 4.83. The van der Waals surface area contributed by atoms with Gasteiger partial charge in [-0.25, -0.2) is 0 Å². The number of nitrogens with one attached hydrogen (secondary N) is 1. The number of hydrogen-bond acceptors (Lipinski definition) is 3. The number of benzene rings is 1. The summed E-state index contributed by atoms with van der Waals surface area (Å²) < 4.78 is 12.3. The molecule has 5 heteroatoms. The normalized spacial score (nSPS) is 10.9. The van der Waals surface area contributed by atoms with Crippen molar-refractivity contribution in [3.05, 3.63) is 50.8 Å². The predicted molar refractivity (Wildman–Crippen MR) is 88.9 cm³/mol. The quantitative estimate of drug-likeness (QED) is 0.688. The summed E-state index contributed by atoms with van der Waals surface area (Å²) in [5.41, 5.74) is 1.18. The highest BCUT2D eigenvalue weighted by Gasteiger charge is 2.09. The molecule has 0 bridgehead atoms. The summed E-state index contributed by atoms with van der Waals surface area (Å²) in [5.74, 6) is 2.51. The van der Waals surface area contributed by atoms with E-state index in [0.717, 1.165) is 41.3 Å². The summed E-state index contributed by atoms with van der Waals surface area (Å²) in [4.78, 5) is 0. The van der Waals surface area contributed by atoms with E-state index in [0.29, 0.717) is 11.6 Å².